The van der Waals surface area contributed by atoms with Crippen LogP contribution >= 0.6 is 0 Å². The Morgan fingerprint density at radius 1 is 0.302 bits per heavy atom. The first-order valence-corrected chi connectivity index (χ1v) is 21.6. The molecule has 3 heteroatoms. The summed E-state index contributed by atoms with van der Waals surface area (Å²) in [5.41, 5.74) is 13.2. The van der Waals surface area contributed by atoms with Crippen molar-refractivity contribution in [2.45, 2.75) is 0 Å². The first-order chi connectivity index (χ1) is 31.2. The maximum Gasteiger partial charge on any atom is 0.136 e. The summed E-state index contributed by atoms with van der Waals surface area (Å²) < 4.78 is 8.70. The Kier molecular flexibility index (Phi) is 7.91. The van der Waals surface area contributed by atoms with Crippen LogP contribution in [0, 0.1) is 0 Å². The highest BCUT2D eigenvalue weighted by atomic mass is 16.3. The number of aromatic nitrogens is 1. The summed E-state index contributed by atoms with van der Waals surface area (Å²) in [5.74, 6) is 0. The zero-order chi connectivity index (χ0) is 41.4. The highest BCUT2D eigenvalue weighted by Crippen LogP contribution is 2.44. The molecule has 0 atom stereocenters. The van der Waals surface area contributed by atoms with Crippen molar-refractivity contribution in [1.29, 1.82) is 0 Å². The molecule has 0 saturated heterocycles. The van der Waals surface area contributed by atoms with Gasteiger partial charge in [-0.2, -0.15) is 0 Å². The van der Waals surface area contributed by atoms with Crippen LogP contribution in [0.2, 0.25) is 0 Å². The molecule has 63 heavy (non-hydrogen) atoms. The molecule has 0 aliphatic heterocycles. The smallest absolute Gasteiger partial charge is 0.136 e. The number of rotatable bonds is 6. The number of fused-ring (bicyclic) bond motifs is 12. The van der Waals surface area contributed by atoms with Gasteiger partial charge in [0.15, 0.2) is 0 Å². The SMILES string of the molecule is c1cc(-c2cccc3oc4ccccc4c23)cc(N(c2ccc(-c3ccc(-n4c5ccccc5c5ccccc54)cc3)cc2)c2ccc3c4ccccc4c4ccccc4c3c2)c1. The van der Waals surface area contributed by atoms with Gasteiger partial charge in [-0.15, -0.1) is 0 Å². The standard InChI is InChI=1S/C60H38N2O/c1-2-17-49-47(15-1)48-16-3-4-18-50(48)55-38-45(35-36-51(49)55)61(44-14-11-13-41(37-44)46-22-12-26-59-60(46)54-21-7-10-25-58(54)63-59)42-31-27-39(28-32-42)40-29-33-43(34-30-40)62-56-23-8-5-19-52(56)53-20-6-9-24-57(53)62/h1-38H. The molecule has 13 aromatic rings. The second-order valence-electron chi connectivity index (χ2n) is 16.4. The molecule has 13 rings (SSSR count). The quantitative estimate of drug-likeness (QED) is 0.156. The van der Waals surface area contributed by atoms with Crippen LogP contribution in [0.1, 0.15) is 0 Å². The number of hydrogen-bond acceptors (Lipinski definition) is 2. The van der Waals surface area contributed by atoms with Crippen molar-refractivity contribution in [2.75, 3.05) is 4.90 Å². The van der Waals surface area contributed by atoms with E-state index in [4.69, 9.17) is 4.42 Å². The van der Waals surface area contributed by atoms with Crippen LogP contribution in [0.3, 0.4) is 0 Å². The van der Waals surface area contributed by atoms with Crippen molar-refractivity contribution in [3.05, 3.63) is 231 Å². The average molecular weight is 803 g/mol. The van der Waals surface area contributed by atoms with Gasteiger partial charge in [0.2, 0.25) is 0 Å². The first kappa shape index (κ1) is 35.4. The van der Waals surface area contributed by atoms with Gasteiger partial charge in [-0.05, 0) is 127 Å². The second-order valence-corrected chi connectivity index (χ2v) is 16.4. The Morgan fingerprint density at radius 3 is 1.46 bits per heavy atom. The Hall–Kier alpha value is -8.40. The van der Waals surface area contributed by atoms with E-state index in [0.717, 1.165) is 61.4 Å². The van der Waals surface area contributed by atoms with Gasteiger partial charge in [-0.3, -0.25) is 0 Å². The average Bonchev–Trinajstić information content (AvgIpc) is 3.91. The van der Waals surface area contributed by atoms with Crippen molar-refractivity contribution < 1.29 is 4.42 Å². The van der Waals surface area contributed by atoms with E-state index in [1.165, 1.54) is 59.7 Å². The highest BCUT2D eigenvalue weighted by molar-refractivity contribution is 6.26. The maximum atomic E-state index is 6.33. The number of furan rings is 1. The molecule has 0 unspecified atom stereocenters. The van der Waals surface area contributed by atoms with Gasteiger partial charge in [0, 0.05) is 44.3 Å². The normalized spacial score (nSPS) is 11.8. The topological polar surface area (TPSA) is 21.3 Å². The lowest BCUT2D eigenvalue weighted by Crippen LogP contribution is -2.10. The van der Waals surface area contributed by atoms with Crippen molar-refractivity contribution >= 4 is 93.1 Å². The summed E-state index contributed by atoms with van der Waals surface area (Å²) >= 11 is 0. The lowest BCUT2D eigenvalue weighted by molar-refractivity contribution is 0.669. The molecule has 0 bridgehead atoms. The predicted molar refractivity (Wildman–Crippen MR) is 266 cm³/mol. The van der Waals surface area contributed by atoms with E-state index in [0.29, 0.717) is 0 Å². The number of nitrogens with zero attached hydrogens (tertiary/aromatic N) is 2. The monoisotopic (exact) mass is 802 g/mol. The van der Waals surface area contributed by atoms with Gasteiger partial charge >= 0.3 is 0 Å². The van der Waals surface area contributed by atoms with Crippen molar-refractivity contribution in [1.82, 2.24) is 4.57 Å². The largest absolute Gasteiger partial charge is 0.456 e. The molecular formula is C60H38N2O. The summed E-state index contributed by atoms with van der Waals surface area (Å²) in [6, 6.07) is 83.5. The number of hydrogen-bond donors (Lipinski definition) is 0. The van der Waals surface area contributed by atoms with Crippen LogP contribution in [-0.2, 0) is 0 Å². The molecule has 0 aliphatic rings. The molecule has 2 heterocycles. The van der Waals surface area contributed by atoms with E-state index in [1.54, 1.807) is 0 Å². The van der Waals surface area contributed by atoms with Gasteiger partial charge in [0.05, 0.1) is 11.0 Å². The molecule has 2 aromatic heterocycles. The Labute approximate surface area is 363 Å². The Morgan fingerprint density at radius 2 is 0.794 bits per heavy atom. The van der Waals surface area contributed by atoms with Crippen LogP contribution in [0.15, 0.2) is 235 Å². The molecule has 11 aromatic carbocycles. The summed E-state index contributed by atoms with van der Waals surface area (Å²) in [7, 11) is 0. The number of anilines is 3. The Balaban J connectivity index is 0.949. The van der Waals surface area contributed by atoms with Gasteiger partial charge in [-0.1, -0.05) is 158 Å². The zero-order valence-corrected chi connectivity index (χ0v) is 34.2. The molecule has 3 nitrogen and oxygen atoms in total. The lowest BCUT2D eigenvalue weighted by atomic mass is 9.94. The van der Waals surface area contributed by atoms with Gasteiger partial charge in [0.25, 0.3) is 0 Å². The molecular weight excluding hydrogens is 765 g/mol. The van der Waals surface area contributed by atoms with Crippen molar-refractivity contribution in [3.8, 4) is 27.9 Å². The van der Waals surface area contributed by atoms with E-state index in [-0.39, 0.29) is 0 Å². The van der Waals surface area contributed by atoms with Gasteiger partial charge in [0.1, 0.15) is 11.2 Å². The fourth-order valence-corrected chi connectivity index (χ4v) is 10.1. The molecule has 0 fully saturated rings. The van der Waals surface area contributed by atoms with Crippen LogP contribution in [-0.4, -0.2) is 4.57 Å². The summed E-state index contributed by atoms with van der Waals surface area (Å²) in [6.45, 7) is 0. The molecule has 0 saturated carbocycles. The third-order valence-electron chi connectivity index (χ3n) is 13.0. The molecule has 294 valence electrons. The highest BCUT2D eigenvalue weighted by Gasteiger charge is 2.19. The molecule has 0 radical (unpaired) electrons. The van der Waals surface area contributed by atoms with Crippen LogP contribution in [0.5, 0.6) is 0 Å². The fraction of sp³-hybridized carbons (Fsp3) is 0. The van der Waals surface area contributed by atoms with Gasteiger partial charge in [-0.25, -0.2) is 0 Å². The van der Waals surface area contributed by atoms with E-state index >= 15 is 0 Å². The minimum absolute atomic E-state index is 0.892. The summed E-state index contributed by atoms with van der Waals surface area (Å²) in [4.78, 5) is 2.40. The van der Waals surface area contributed by atoms with Crippen LogP contribution < -0.4 is 4.90 Å². The molecule has 0 N–H and O–H groups in total. The van der Waals surface area contributed by atoms with E-state index in [9.17, 15) is 0 Å². The molecule has 0 spiro atoms. The number of para-hydroxylation sites is 3. The minimum atomic E-state index is 0.892. The van der Waals surface area contributed by atoms with Crippen LogP contribution in [0.4, 0.5) is 17.1 Å². The zero-order valence-electron chi connectivity index (χ0n) is 34.2. The second kappa shape index (κ2) is 14.1. The minimum Gasteiger partial charge on any atom is -0.456 e. The van der Waals surface area contributed by atoms with E-state index < -0.39 is 0 Å². The fourth-order valence-electron chi connectivity index (χ4n) is 10.1. The predicted octanol–water partition coefficient (Wildman–Crippen LogP) is 16.9. The Bertz CT molecular complexity index is 3820. The van der Waals surface area contributed by atoms with E-state index in [1.807, 2.05) is 12.1 Å². The summed E-state index contributed by atoms with van der Waals surface area (Å²) in [6.07, 6.45) is 0. The summed E-state index contributed by atoms with van der Waals surface area (Å²) in [5, 5.41) is 12.3. The third kappa shape index (κ3) is 5.60. The van der Waals surface area contributed by atoms with Crippen LogP contribution in [0.25, 0.3) is 104 Å². The van der Waals surface area contributed by atoms with Crippen molar-refractivity contribution in [2.24, 2.45) is 0 Å². The number of benzene rings is 11. The maximum absolute atomic E-state index is 6.33. The van der Waals surface area contributed by atoms with Crippen molar-refractivity contribution in [3.63, 3.8) is 0 Å². The lowest BCUT2D eigenvalue weighted by Gasteiger charge is -2.27. The van der Waals surface area contributed by atoms with Gasteiger partial charge < -0.3 is 13.9 Å². The third-order valence-corrected chi connectivity index (χ3v) is 13.0. The molecule has 0 aliphatic carbocycles. The molecule has 0 amide bonds. The van der Waals surface area contributed by atoms with E-state index in [2.05, 4.69) is 228 Å². The first-order valence-electron chi connectivity index (χ1n) is 21.6.